The number of ether oxygens (including phenoxy) is 1. The number of hydrogen-bond acceptors (Lipinski definition) is 4. The third kappa shape index (κ3) is 4.58. The standard InChI is InChI=1S/C20H26ClN3O4/c1-20(2,3)28-19(27)23-10-8-22(9-11-23)18(26)14-12-17(25)24(13-14)16-7-5-4-6-15(16)21/h4-7,14H,8-13H2,1-3H3. The minimum atomic E-state index is -0.545. The van der Waals surface area contributed by atoms with E-state index in [0.29, 0.717) is 43.4 Å². The van der Waals surface area contributed by atoms with Gasteiger partial charge in [0, 0.05) is 39.1 Å². The van der Waals surface area contributed by atoms with E-state index in [-0.39, 0.29) is 24.3 Å². The molecule has 2 heterocycles. The molecule has 0 spiro atoms. The Morgan fingerprint density at radius 1 is 1.07 bits per heavy atom. The first-order chi connectivity index (χ1) is 13.2. The molecule has 0 aromatic heterocycles. The number of hydrogen-bond donors (Lipinski definition) is 0. The van der Waals surface area contributed by atoms with Crippen LogP contribution in [0.3, 0.4) is 0 Å². The maximum atomic E-state index is 12.9. The van der Waals surface area contributed by atoms with E-state index < -0.39 is 11.5 Å². The number of carbonyl (C=O) groups excluding carboxylic acids is 3. The Bertz CT molecular complexity index is 769. The molecule has 1 atom stereocenters. The van der Waals surface area contributed by atoms with Crippen LogP contribution < -0.4 is 4.90 Å². The third-order valence-electron chi connectivity index (χ3n) is 4.86. The molecule has 3 amide bonds. The van der Waals surface area contributed by atoms with Crippen molar-refractivity contribution < 1.29 is 19.1 Å². The first-order valence-corrected chi connectivity index (χ1v) is 9.85. The fraction of sp³-hybridized carbons (Fsp3) is 0.550. The highest BCUT2D eigenvalue weighted by atomic mass is 35.5. The molecule has 2 aliphatic rings. The summed E-state index contributed by atoms with van der Waals surface area (Å²) in [6, 6.07) is 7.14. The average molecular weight is 408 g/mol. The second-order valence-corrected chi connectivity index (χ2v) is 8.56. The number of amides is 3. The molecule has 0 radical (unpaired) electrons. The zero-order chi connectivity index (χ0) is 20.5. The zero-order valence-electron chi connectivity index (χ0n) is 16.5. The van der Waals surface area contributed by atoms with Crippen molar-refractivity contribution in [2.24, 2.45) is 5.92 Å². The van der Waals surface area contributed by atoms with Gasteiger partial charge >= 0.3 is 6.09 Å². The summed E-state index contributed by atoms with van der Waals surface area (Å²) in [4.78, 5) is 42.4. The third-order valence-corrected chi connectivity index (χ3v) is 5.18. The molecule has 0 N–H and O–H groups in total. The molecular formula is C20H26ClN3O4. The van der Waals surface area contributed by atoms with E-state index in [9.17, 15) is 14.4 Å². The molecule has 7 nitrogen and oxygen atoms in total. The molecule has 3 rings (SSSR count). The van der Waals surface area contributed by atoms with E-state index in [2.05, 4.69) is 0 Å². The molecule has 2 saturated heterocycles. The number of benzene rings is 1. The van der Waals surface area contributed by atoms with Crippen LogP contribution in [0.15, 0.2) is 24.3 Å². The smallest absolute Gasteiger partial charge is 0.410 e. The van der Waals surface area contributed by atoms with Crippen molar-refractivity contribution in [3.63, 3.8) is 0 Å². The Morgan fingerprint density at radius 3 is 2.29 bits per heavy atom. The molecule has 2 aliphatic heterocycles. The number of rotatable bonds is 2. The van der Waals surface area contributed by atoms with E-state index in [0.717, 1.165) is 0 Å². The number of piperazine rings is 1. The lowest BCUT2D eigenvalue weighted by Crippen LogP contribution is -2.53. The average Bonchev–Trinajstić information content (AvgIpc) is 3.02. The molecule has 1 aromatic carbocycles. The second kappa shape index (κ2) is 7.99. The Hall–Kier alpha value is -2.28. The first kappa shape index (κ1) is 20.5. The molecular weight excluding hydrogens is 382 g/mol. The Kier molecular flexibility index (Phi) is 5.84. The van der Waals surface area contributed by atoms with Gasteiger partial charge in [0.15, 0.2) is 0 Å². The van der Waals surface area contributed by atoms with Gasteiger partial charge in [-0.05, 0) is 32.9 Å². The van der Waals surface area contributed by atoms with Crippen molar-refractivity contribution in [3.05, 3.63) is 29.3 Å². The van der Waals surface area contributed by atoms with Crippen molar-refractivity contribution in [2.75, 3.05) is 37.6 Å². The van der Waals surface area contributed by atoms with Gasteiger partial charge in [-0.25, -0.2) is 4.79 Å². The Morgan fingerprint density at radius 2 is 1.68 bits per heavy atom. The normalized spacial score (nSPS) is 20.5. The summed E-state index contributed by atoms with van der Waals surface area (Å²) in [5.74, 6) is -0.539. The maximum Gasteiger partial charge on any atom is 0.410 e. The second-order valence-electron chi connectivity index (χ2n) is 8.15. The van der Waals surface area contributed by atoms with Crippen molar-refractivity contribution in [2.45, 2.75) is 32.8 Å². The van der Waals surface area contributed by atoms with E-state index in [1.165, 1.54) is 0 Å². The maximum absolute atomic E-state index is 12.9. The fourth-order valence-corrected chi connectivity index (χ4v) is 3.71. The van der Waals surface area contributed by atoms with Crippen LogP contribution in [0.25, 0.3) is 0 Å². The molecule has 8 heteroatoms. The highest BCUT2D eigenvalue weighted by Gasteiger charge is 2.39. The quantitative estimate of drug-likeness (QED) is 0.755. The summed E-state index contributed by atoms with van der Waals surface area (Å²) in [6.07, 6.45) is -0.184. The van der Waals surface area contributed by atoms with Crippen molar-refractivity contribution in [1.82, 2.24) is 9.80 Å². The molecule has 152 valence electrons. The summed E-state index contributed by atoms with van der Waals surface area (Å²) in [5, 5.41) is 0.495. The van der Waals surface area contributed by atoms with Gasteiger partial charge in [-0.15, -0.1) is 0 Å². The predicted molar refractivity (Wildman–Crippen MR) is 106 cm³/mol. The first-order valence-electron chi connectivity index (χ1n) is 9.47. The lowest BCUT2D eigenvalue weighted by molar-refractivity contribution is -0.137. The van der Waals surface area contributed by atoms with Gasteiger partial charge in [0.1, 0.15) is 5.60 Å². The van der Waals surface area contributed by atoms with E-state index >= 15 is 0 Å². The SMILES string of the molecule is CC(C)(C)OC(=O)N1CCN(C(=O)C2CC(=O)N(c3ccccc3Cl)C2)CC1. The molecule has 2 fully saturated rings. The number of halogens is 1. The van der Waals surface area contributed by atoms with Crippen LogP contribution >= 0.6 is 11.6 Å². The number of anilines is 1. The van der Waals surface area contributed by atoms with Gasteiger partial charge in [-0.2, -0.15) is 0 Å². The van der Waals surface area contributed by atoms with Crippen LogP contribution in [-0.4, -0.2) is 66.0 Å². The minimum absolute atomic E-state index is 0.0493. The van der Waals surface area contributed by atoms with E-state index in [1.54, 1.807) is 32.9 Å². The molecule has 0 saturated carbocycles. The highest BCUT2D eigenvalue weighted by molar-refractivity contribution is 6.33. The lowest BCUT2D eigenvalue weighted by Gasteiger charge is -2.36. The van der Waals surface area contributed by atoms with Gasteiger partial charge in [-0.1, -0.05) is 23.7 Å². The molecule has 28 heavy (non-hydrogen) atoms. The molecule has 1 aromatic rings. The highest BCUT2D eigenvalue weighted by Crippen LogP contribution is 2.31. The van der Waals surface area contributed by atoms with Crippen LogP contribution in [0.2, 0.25) is 5.02 Å². The summed E-state index contributed by atoms with van der Waals surface area (Å²) < 4.78 is 5.38. The van der Waals surface area contributed by atoms with Crippen molar-refractivity contribution in [3.8, 4) is 0 Å². The Labute approximate surface area is 170 Å². The number of carbonyl (C=O) groups is 3. The fourth-order valence-electron chi connectivity index (χ4n) is 3.47. The largest absolute Gasteiger partial charge is 0.444 e. The zero-order valence-corrected chi connectivity index (χ0v) is 17.2. The van der Waals surface area contributed by atoms with Crippen molar-refractivity contribution >= 4 is 35.2 Å². The number of nitrogens with zero attached hydrogens (tertiary/aromatic N) is 3. The van der Waals surface area contributed by atoms with Crippen molar-refractivity contribution in [1.29, 1.82) is 0 Å². The van der Waals surface area contributed by atoms with Crippen LogP contribution in [0.4, 0.5) is 10.5 Å². The molecule has 0 aliphatic carbocycles. The van der Waals surface area contributed by atoms with Gasteiger partial charge in [-0.3, -0.25) is 9.59 Å². The number of para-hydroxylation sites is 1. The van der Waals surface area contributed by atoms with Crippen LogP contribution in [0.5, 0.6) is 0 Å². The van der Waals surface area contributed by atoms with Crippen LogP contribution in [-0.2, 0) is 14.3 Å². The summed E-state index contributed by atoms with van der Waals surface area (Å²) in [7, 11) is 0. The Balaban J connectivity index is 1.57. The topological polar surface area (TPSA) is 70.2 Å². The predicted octanol–water partition coefficient (Wildman–Crippen LogP) is 2.77. The van der Waals surface area contributed by atoms with Gasteiger partial charge in [0.05, 0.1) is 16.6 Å². The summed E-state index contributed by atoms with van der Waals surface area (Å²) >= 11 is 6.20. The molecule has 1 unspecified atom stereocenters. The van der Waals surface area contributed by atoms with Gasteiger partial charge < -0.3 is 19.4 Å². The monoisotopic (exact) mass is 407 g/mol. The summed E-state index contributed by atoms with van der Waals surface area (Å²) in [6.45, 7) is 7.54. The molecule has 0 bridgehead atoms. The van der Waals surface area contributed by atoms with E-state index in [1.807, 2.05) is 26.8 Å². The minimum Gasteiger partial charge on any atom is -0.444 e. The summed E-state index contributed by atoms with van der Waals surface area (Å²) in [5.41, 5.74) is 0.0929. The van der Waals surface area contributed by atoms with Crippen LogP contribution in [0, 0.1) is 5.92 Å². The lowest BCUT2D eigenvalue weighted by atomic mass is 10.1. The van der Waals surface area contributed by atoms with E-state index in [4.69, 9.17) is 16.3 Å². The van der Waals surface area contributed by atoms with Gasteiger partial charge in [0.2, 0.25) is 11.8 Å². The van der Waals surface area contributed by atoms with Gasteiger partial charge in [0.25, 0.3) is 0 Å². The van der Waals surface area contributed by atoms with Crippen LogP contribution in [0.1, 0.15) is 27.2 Å².